The molecule has 116 valence electrons. The monoisotopic (exact) mass is 325 g/mol. The van der Waals surface area contributed by atoms with Crippen LogP contribution in [0.5, 0.6) is 5.75 Å². The third-order valence-electron chi connectivity index (χ3n) is 2.90. The van der Waals surface area contributed by atoms with Gasteiger partial charge in [-0.3, -0.25) is 4.98 Å². The lowest BCUT2D eigenvalue weighted by Gasteiger charge is -2.06. The fourth-order valence-corrected chi connectivity index (χ4v) is 2.53. The van der Waals surface area contributed by atoms with Crippen LogP contribution in [0.15, 0.2) is 60.0 Å². The van der Waals surface area contributed by atoms with E-state index in [1.54, 1.807) is 12.4 Å². The zero-order valence-electron chi connectivity index (χ0n) is 12.3. The minimum absolute atomic E-state index is 0.207. The summed E-state index contributed by atoms with van der Waals surface area (Å²) in [4.78, 5) is 16.7. The molecule has 0 aliphatic heterocycles. The third-order valence-corrected chi connectivity index (χ3v) is 3.71. The minimum Gasteiger partial charge on any atom is -0.493 e. The number of ether oxygens (including phenoxy) is 1. The van der Waals surface area contributed by atoms with Crippen molar-refractivity contribution in [3.63, 3.8) is 0 Å². The number of benzene rings is 1. The Hall–Kier alpha value is -2.67. The van der Waals surface area contributed by atoms with Crippen LogP contribution in [0.2, 0.25) is 0 Å². The van der Waals surface area contributed by atoms with E-state index in [-0.39, 0.29) is 5.95 Å². The molecule has 0 atom stereocenters. The lowest BCUT2D eigenvalue weighted by molar-refractivity contribution is 0.344. The molecule has 0 radical (unpaired) electrons. The number of aromatic nitrogens is 4. The molecule has 2 N–H and O–H groups in total. The predicted octanol–water partition coefficient (Wildman–Crippen LogP) is 2.69. The molecule has 2 aromatic heterocycles. The van der Waals surface area contributed by atoms with Crippen LogP contribution in [0.4, 0.5) is 5.95 Å². The van der Waals surface area contributed by atoms with Crippen LogP contribution in [0, 0.1) is 0 Å². The lowest BCUT2D eigenvalue weighted by Crippen LogP contribution is -2.04. The van der Waals surface area contributed by atoms with E-state index < -0.39 is 0 Å². The second kappa shape index (κ2) is 7.55. The van der Waals surface area contributed by atoms with Crippen molar-refractivity contribution in [3.8, 4) is 17.1 Å². The number of nitrogens with two attached hydrogens (primary N) is 1. The van der Waals surface area contributed by atoms with E-state index in [4.69, 9.17) is 10.5 Å². The Labute approximate surface area is 138 Å². The third kappa shape index (κ3) is 4.40. The number of para-hydroxylation sites is 1. The maximum absolute atomic E-state index is 5.77. The molecule has 6 nitrogen and oxygen atoms in total. The molecular weight excluding hydrogens is 310 g/mol. The van der Waals surface area contributed by atoms with E-state index in [1.807, 2.05) is 42.5 Å². The van der Waals surface area contributed by atoms with Crippen molar-refractivity contribution in [3.05, 3.63) is 54.9 Å². The maximum Gasteiger partial charge on any atom is 0.224 e. The first-order chi connectivity index (χ1) is 11.3. The van der Waals surface area contributed by atoms with Gasteiger partial charge in [0.15, 0.2) is 11.0 Å². The highest BCUT2D eigenvalue weighted by Crippen LogP contribution is 2.19. The molecule has 1 aromatic carbocycles. The first-order valence-corrected chi connectivity index (χ1v) is 8.02. The molecular formula is C16H15N5OS. The van der Waals surface area contributed by atoms with Gasteiger partial charge in [0.25, 0.3) is 0 Å². The zero-order valence-corrected chi connectivity index (χ0v) is 13.1. The molecule has 23 heavy (non-hydrogen) atoms. The highest BCUT2D eigenvalue weighted by Gasteiger charge is 2.07. The van der Waals surface area contributed by atoms with Gasteiger partial charge in [0, 0.05) is 23.7 Å². The van der Waals surface area contributed by atoms with Gasteiger partial charge in [-0.15, -0.1) is 0 Å². The van der Waals surface area contributed by atoms with E-state index in [9.17, 15) is 0 Å². The van der Waals surface area contributed by atoms with Crippen molar-refractivity contribution < 1.29 is 4.74 Å². The van der Waals surface area contributed by atoms with E-state index in [2.05, 4.69) is 19.9 Å². The molecule has 3 aromatic rings. The number of hydrogen-bond acceptors (Lipinski definition) is 7. The van der Waals surface area contributed by atoms with Crippen molar-refractivity contribution >= 4 is 17.7 Å². The van der Waals surface area contributed by atoms with Crippen LogP contribution < -0.4 is 10.5 Å². The van der Waals surface area contributed by atoms with Crippen LogP contribution in [0.3, 0.4) is 0 Å². The Kier molecular flexibility index (Phi) is 5.00. The van der Waals surface area contributed by atoms with Crippen molar-refractivity contribution in [1.82, 2.24) is 19.9 Å². The largest absolute Gasteiger partial charge is 0.493 e. The summed E-state index contributed by atoms with van der Waals surface area (Å²) in [6, 6.07) is 13.4. The minimum atomic E-state index is 0.207. The van der Waals surface area contributed by atoms with Crippen LogP contribution >= 0.6 is 11.8 Å². The molecule has 0 unspecified atom stereocenters. The number of nitrogen functional groups attached to an aromatic ring is 1. The van der Waals surface area contributed by atoms with Gasteiger partial charge in [0.2, 0.25) is 5.95 Å². The van der Waals surface area contributed by atoms with Crippen molar-refractivity contribution in [2.75, 3.05) is 18.1 Å². The molecule has 0 spiro atoms. The lowest BCUT2D eigenvalue weighted by atomic mass is 10.2. The Bertz CT molecular complexity index is 755. The molecule has 0 bridgehead atoms. The maximum atomic E-state index is 5.77. The van der Waals surface area contributed by atoms with Gasteiger partial charge in [0.05, 0.1) is 6.61 Å². The first kappa shape index (κ1) is 15.2. The van der Waals surface area contributed by atoms with Crippen LogP contribution in [0.1, 0.15) is 0 Å². The van der Waals surface area contributed by atoms with E-state index in [0.717, 1.165) is 11.3 Å². The quantitative estimate of drug-likeness (QED) is 0.550. The smallest absolute Gasteiger partial charge is 0.224 e. The highest BCUT2D eigenvalue weighted by molar-refractivity contribution is 7.99. The fourth-order valence-electron chi connectivity index (χ4n) is 1.88. The standard InChI is InChI=1S/C16H15N5OS/c17-15-19-14(12-6-8-18-9-7-12)20-16(21-15)23-11-10-22-13-4-2-1-3-5-13/h1-9H,10-11H2,(H2,17,19,20,21). The van der Waals surface area contributed by atoms with Crippen LogP contribution in [0.25, 0.3) is 11.4 Å². The number of nitrogens with zero attached hydrogens (tertiary/aromatic N) is 4. The number of anilines is 1. The number of pyridine rings is 1. The van der Waals surface area contributed by atoms with Gasteiger partial charge in [0.1, 0.15) is 5.75 Å². The summed E-state index contributed by atoms with van der Waals surface area (Å²) in [7, 11) is 0. The molecule has 0 amide bonds. The van der Waals surface area contributed by atoms with Crippen LogP contribution in [-0.4, -0.2) is 32.3 Å². The van der Waals surface area contributed by atoms with Gasteiger partial charge in [-0.25, -0.2) is 4.98 Å². The normalized spacial score (nSPS) is 10.4. The van der Waals surface area contributed by atoms with Crippen LogP contribution in [-0.2, 0) is 0 Å². The summed E-state index contributed by atoms with van der Waals surface area (Å²) < 4.78 is 5.64. The predicted molar refractivity (Wildman–Crippen MR) is 90.1 cm³/mol. The zero-order chi connectivity index (χ0) is 15.9. The average Bonchev–Trinajstić information content (AvgIpc) is 2.60. The Morgan fingerprint density at radius 2 is 1.74 bits per heavy atom. The number of thioether (sulfide) groups is 1. The SMILES string of the molecule is Nc1nc(SCCOc2ccccc2)nc(-c2ccncc2)n1. The summed E-state index contributed by atoms with van der Waals surface area (Å²) in [5.74, 6) is 2.32. The number of rotatable bonds is 6. The Morgan fingerprint density at radius 3 is 2.52 bits per heavy atom. The summed E-state index contributed by atoms with van der Waals surface area (Å²) in [6.45, 7) is 0.560. The van der Waals surface area contributed by atoms with Gasteiger partial charge in [-0.2, -0.15) is 9.97 Å². The van der Waals surface area contributed by atoms with Crippen molar-refractivity contribution in [2.24, 2.45) is 0 Å². The van der Waals surface area contributed by atoms with E-state index in [1.165, 1.54) is 11.8 Å². The second-order valence-corrected chi connectivity index (χ2v) is 5.61. The molecule has 3 rings (SSSR count). The summed E-state index contributed by atoms with van der Waals surface area (Å²) in [5, 5.41) is 0.584. The second-order valence-electron chi connectivity index (χ2n) is 4.55. The Balaban J connectivity index is 1.61. The van der Waals surface area contributed by atoms with Gasteiger partial charge >= 0.3 is 0 Å². The molecule has 7 heteroatoms. The molecule has 0 fully saturated rings. The molecule has 0 aliphatic carbocycles. The number of hydrogen-bond donors (Lipinski definition) is 1. The van der Waals surface area contributed by atoms with Crippen molar-refractivity contribution in [1.29, 1.82) is 0 Å². The molecule has 0 saturated carbocycles. The van der Waals surface area contributed by atoms with E-state index in [0.29, 0.717) is 23.3 Å². The van der Waals surface area contributed by atoms with Gasteiger partial charge < -0.3 is 10.5 Å². The molecule has 0 aliphatic rings. The molecule has 2 heterocycles. The molecule has 0 saturated heterocycles. The summed E-state index contributed by atoms with van der Waals surface area (Å²) in [5.41, 5.74) is 6.63. The summed E-state index contributed by atoms with van der Waals surface area (Å²) in [6.07, 6.45) is 3.38. The van der Waals surface area contributed by atoms with Gasteiger partial charge in [-0.1, -0.05) is 30.0 Å². The summed E-state index contributed by atoms with van der Waals surface area (Å²) >= 11 is 1.48. The van der Waals surface area contributed by atoms with Gasteiger partial charge in [-0.05, 0) is 24.3 Å². The Morgan fingerprint density at radius 1 is 0.957 bits per heavy atom. The highest BCUT2D eigenvalue weighted by atomic mass is 32.2. The van der Waals surface area contributed by atoms with E-state index >= 15 is 0 Å². The fraction of sp³-hybridized carbons (Fsp3) is 0.125. The topological polar surface area (TPSA) is 86.8 Å². The average molecular weight is 325 g/mol. The van der Waals surface area contributed by atoms with Crippen molar-refractivity contribution in [2.45, 2.75) is 5.16 Å². The first-order valence-electron chi connectivity index (χ1n) is 7.04.